The van der Waals surface area contributed by atoms with Gasteiger partial charge < -0.3 is 10.5 Å². The van der Waals surface area contributed by atoms with Crippen molar-refractivity contribution in [1.29, 1.82) is 0 Å². The molecule has 1 aromatic carbocycles. The van der Waals surface area contributed by atoms with E-state index in [1.807, 2.05) is 26.0 Å². The molecule has 0 saturated heterocycles. The van der Waals surface area contributed by atoms with Crippen LogP contribution in [0.2, 0.25) is 0 Å². The third-order valence-corrected chi connectivity index (χ3v) is 2.47. The SMILES string of the molecule is COC(=O)C=Cc1ccc(N)c(C)c1C. The van der Waals surface area contributed by atoms with Crippen LogP contribution in [0.3, 0.4) is 0 Å². The zero-order valence-electron chi connectivity index (χ0n) is 9.20. The van der Waals surface area contributed by atoms with E-state index in [9.17, 15) is 4.79 Å². The van der Waals surface area contributed by atoms with Crippen molar-refractivity contribution < 1.29 is 9.53 Å². The Hall–Kier alpha value is -1.77. The van der Waals surface area contributed by atoms with Crippen molar-refractivity contribution >= 4 is 17.7 Å². The monoisotopic (exact) mass is 205 g/mol. The molecule has 0 aliphatic heterocycles. The van der Waals surface area contributed by atoms with Crippen molar-refractivity contribution in [3.63, 3.8) is 0 Å². The number of hydrogen-bond donors (Lipinski definition) is 1. The summed E-state index contributed by atoms with van der Waals surface area (Å²) in [6, 6.07) is 3.72. The second kappa shape index (κ2) is 4.64. The molecule has 0 saturated carbocycles. The van der Waals surface area contributed by atoms with E-state index in [0.29, 0.717) is 0 Å². The van der Waals surface area contributed by atoms with E-state index in [0.717, 1.165) is 22.4 Å². The number of nitrogen functional groups attached to an aromatic ring is 1. The zero-order valence-corrected chi connectivity index (χ0v) is 9.20. The van der Waals surface area contributed by atoms with Crippen LogP contribution in [0.25, 0.3) is 6.08 Å². The molecule has 0 radical (unpaired) electrons. The molecule has 0 amide bonds. The van der Waals surface area contributed by atoms with Crippen molar-refractivity contribution in [2.45, 2.75) is 13.8 Å². The van der Waals surface area contributed by atoms with E-state index in [4.69, 9.17) is 5.73 Å². The highest BCUT2D eigenvalue weighted by Crippen LogP contribution is 2.20. The van der Waals surface area contributed by atoms with Crippen LogP contribution in [-0.4, -0.2) is 13.1 Å². The summed E-state index contributed by atoms with van der Waals surface area (Å²) in [5, 5.41) is 0. The largest absolute Gasteiger partial charge is 0.466 e. The first-order valence-electron chi connectivity index (χ1n) is 4.68. The van der Waals surface area contributed by atoms with Crippen LogP contribution in [0.1, 0.15) is 16.7 Å². The van der Waals surface area contributed by atoms with Gasteiger partial charge in [-0.2, -0.15) is 0 Å². The van der Waals surface area contributed by atoms with E-state index in [1.54, 1.807) is 6.08 Å². The van der Waals surface area contributed by atoms with Gasteiger partial charge in [-0.1, -0.05) is 6.07 Å². The zero-order chi connectivity index (χ0) is 11.4. The fraction of sp³-hybridized carbons (Fsp3) is 0.250. The van der Waals surface area contributed by atoms with Gasteiger partial charge in [-0.25, -0.2) is 4.79 Å². The van der Waals surface area contributed by atoms with Crippen LogP contribution in [0, 0.1) is 13.8 Å². The maximum Gasteiger partial charge on any atom is 0.330 e. The number of methoxy groups -OCH3 is 1. The summed E-state index contributed by atoms with van der Waals surface area (Å²) in [6.45, 7) is 3.93. The normalized spacial score (nSPS) is 10.6. The van der Waals surface area contributed by atoms with Crippen molar-refractivity contribution in [2.75, 3.05) is 12.8 Å². The van der Waals surface area contributed by atoms with Crippen LogP contribution in [0.15, 0.2) is 18.2 Å². The lowest BCUT2D eigenvalue weighted by Gasteiger charge is -2.07. The number of hydrogen-bond acceptors (Lipinski definition) is 3. The number of rotatable bonds is 2. The van der Waals surface area contributed by atoms with E-state index in [-0.39, 0.29) is 5.97 Å². The molecule has 0 aliphatic carbocycles. The molecular weight excluding hydrogens is 190 g/mol. The molecule has 1 aromatic rings. The standard InChI is InChI=1S/C12H15NO2/c1-8-9(2)11(13)6-4-10(8)5-7-12(14)15-3/h4-7H,13H2,1-3H3. The highest BCUT2D eigenvalue weighted by Gasteiger charge is 2.01. The molecule has 0 heterocycles. The molecule has 0 aliphatic rings. The Bertz CT molecular complexity index is 408. The topological polar surface area (TPSA) is 52.3 Å². The minimum atomic E-state index is -0.358. The van der Waals surface area contributed by atoms with E-state index in [1.165, 1.54) is 13.2 Å². The summed E-state index contributed by atoms with van der Waals surface area (Å²) in [6.07, 6.45) is 3.13. The van der Waals surface area contributed by atoms with E-state index >= 15 is 0 Å². The third-order valence-electron chi connectivity index (χ3n) is 2.47. The highest BCUT2D eigenvalue weighted by atomic mass is 16.5. The Kier molecular flexibility index (Phi) is 3.50. The quantitative estimate of drug-likeness (QED) is 0.457. The molecule has 3 heteroatoms. The molecule has 1 rings (SSSR count). The smallest absolute Gasteiger partial charge is 0.330 e. The average molecular weight is 205 g/mol. The van der Waals surface area contributed by atoms with Gasteiger partial charge in [0.25, 0.3) is 0 Å². The molecule has 0 fully saturated rings. The van der Waals surface area contributed by atoms with Crippen molar-refractivity contribution in [1.82, 2.24) is 0 Å². The molecular formula is C12H15NO2. The summed E-state index contributed by atoms with van der Waals surface area (Å²) in [5.74, 6) is -0.358. The first-order valence-corrected chi connectivity index (χ1v) is 4.68. The van der Waals surface area contributed by atoms with Crippen LogP contribution < -0.4 is 5.73 Å². The summed E-state index contributed by atoms with van der Waals surface area (Å²) < 4.78 is 4.52. The second-order valence-corrected chi connectivity index (χ2v) is 3.35. The first kappa shape index (κ1) is 11.3. The van der Waals surface area contributed by atoms with Gasteiger partial charge in [-0.15, -0.1) is 0 Å². The Labute approximate surface area is 89.5 Å². The molecule has 0 unspecified atom stereocenters. The van der Waals surface area contributed by atoms with Crippen molar-refractivity contribution in [3.05, 3.63) is 34.9 Å². The minimum absolute atomic E-state index is 0.358. The number of esters is 1. The van der Waals surface area contributed by atoms with E-state index in [2.05, 4.69) is 4.74 Å². The molecule has 3 nitrogen and oxygen atoms in total. The maximum atomic E-state index is 10.9. The van der Waals surface area contributed by atoms with E-state index < -0.39 is 0 Å². The first-order chi connectivity index (χ1) is 7.06. The Morgan fingerprint density at radius 3 is 2.60 bits per heavy atom. The molecule has 2 N–H and O–H groups in total. The van der Waals surface area contributed by atoms with Crippen molar-refractivity contribution in [3.8, 4) is 0 Å². The van der Waals surface area contributed by atoms with Crippen molar-refractivity contribution in [2.24, 2.45) is 0 Å². The van der Waals surface area contributed by atoms with Gasteiger partial charge >= 0.3 is 5.97 Å². The second-order valence-electron chi connectivity index (χ2n) is 3.35. The lowest BCUT2D eigenvalue weighted by atomic mass is 10.0. The Balaban J connectivity index is 3.02. The molecule has 0 aromatic heterocycles. The van der Waals surface area contributed by atoms with Crippen LogP contribution in [0.5, 0.6) is 0 Å². The van der Waals surface area contributed by atoms with Gasteiger partial charge in [0.1, 0.15) is 0 Å². The number of carbonyl (C=O) groups is 1. The minimum Gasteiger partial charge on any atom is -0.466 e. The Morgan fingerprint density at radius 2 is 2.00 bits per heavy atom. The summed E-state index contributed by atoms with van der Waals surface area (Å²) >= 11 is 0. The fourth-order valence-electron chi connectivity index (χ4n) is 1.27. The van der Waals surface area contributed by atoms with Crippen LogP contribution >= 0.6 is 0 Å². The molecule has 0 bridgehead atoms. The molecule has 80 valence electrons. The number of anilines is 1. The number of benzene rings is 1. The lowest BCUT2D eigenvalue weighted by Crippen LogP contribution is -1.96. The highest BCUT2D eigenvalue weighted by molar-refractivity contribution is 5.87. The summed E-state index contributed by atoms with van der Waals surface area (Å²) in [5.41, 5.74) is 9.62. The predicted octanol–water partition coefficient (Wildman–Crippen LogP) is 2.07. The number of nitrogens with two attached hydrogens (primary N) is 1. The summed E-state index contributed by atoms with van der Waals surface area (Å²) in [7, 11) is 1.35. The predicted molar refractivity (Wildman–Crippen MR) is 61.4 cm³/mol. The lowest BCUT2D eigenvalue weighted by molar-refractivity contribution is -0.134. The third kappa shape index (κ3) is 2.59. The van der Waals surface area contributed by atoms with Gasteiger partial charge in [-0.3, -0.25) is 0 Å². The van der Waals surface area contributed by atoms with Crippen LogP contribution in [-0.2, 0) is 9.53 Å². The average Bonchev–Trinajstić information content (AvgIpc) is 2.24. The number of carbonyl (C=O) groups excluding carboxylic acids is 1. The van der Waals surface area contributed by atoms with Gasteiger partial charge in [0, 0.05) is 11.8 Å². The Morgan fingerprint density at radius 1 is 1.33 bits per heavy atom. The number of ether oxygens (including phenoxy) is 1. The summed E-state index contributed by atoms with van der Waals surface area (Å²) in [4.78, 5) is 10.9. The van der Waals surface area contributed by atoms with Gasteiger partial charge in [0.05, 0.1) is 7.11 Å². The fourth-order valence-corrected chi connectivity index (χ4v) is 1.27. The van der Waals surface area contributed by atoms with Gasteiger partial charge in [0.15, 0.2) is 0 Å². The maximum absolute atomic E-state index is 10.9. The molecule has 0 spiro atoms. The van der Waals surface area contributed by atoms with Gasteiger partial charge in [-0.05, 0) is 42.7 Å². The van der Waals surface area contributed by atoms with Gasteiger partial charge in [0.2, 0.25) is 0 Å². The molecule has 15 heavy (non-hydrogen) atoms. The molecule has 0 atom stereocenters. The van der Waals surface area contributed by atoms with Crippen LogP contribution in [0.4, 0.5) is 5.69 Å².